The summed E-state index contributed by atoms with van der Waals surface area (Å²) in [5, 5.41) is 10.1. The quantitative estimate of drug-likeness (QED) is 0.782. The highest BCUT2D eigenvalue weighted by Crippen LogP contribution is 2.21. The van der Waals surface area contributed by atoms with Gasteiger partial charge in [-0.3, -0.25) is 9.89 Å². The predicted molar refractivity (Wildman–Crippen MR) is 82.2 cm³/mol. The van der Waals surface area contributed by atoms with Gasteiger partial charge < -0.3 is 11.1 Å². The Balaban J connectivity index is 0.00000200. The zero-order valence-corrected chi connectivity index (χ0v) is 13.2. The van der Waals surface area contributed by atoms with E-state index in [-0.39, 0.29) is 29.8 Å². The summed E-state index contributed by atoms with van der Waals surface area (Å²) in [5.74, 6) is -0.0905. The summed E-state index contributed by atoms with van der Waals surface area (Å²) in [4.78, 5) is 12.1. The molecule has 0 aliphatic heterocycles. The van der Waals surface area contributed by atoms with Crippen LogP contribution < -0.4 is 11.1 Å². The average molecular weight is 301 g/mol. The van der Waals surface area contributed by atoms with Crippen LogP contribution in [-0.2, 0) is 5.41 Å². The molecule has 20 heavy (non-hydrogen) atoms. The summed E-state index contributed by atoms with van der Waals surface area (Å²) >= 11 is 0. The number of nitrogens with one attached hydrogen (secondary N) is 2. The number of hydrogen-bond acceptors (Lipinski definition) is 3. The van der Waals surface area contributed by atoms with Crippen LogP contribution in [-0.4, -0.2) is 28.2 Å². The Bertz CT molecular complexity index is 444. The fourth-order valence-corrected chi connectivity index (χ4v) is 2.35. The van der Waals surface area contributed by atoms with E-state index in [2.05, 4.69) is 36.3 Å². The molecule has 0 saturated heterocycles. The normalized spacial score (nSPS) is 23.0. The van der Waals surface area contributed by atoms with Crippen LogP contribution >= 0.6 is 12.4 Å². The second kappa shape index (κ2) is 6.59. The van der Waals surface area contributed by atoms with E-state index < -0.39 is 0 Å². The first-order valence-corrected chi connectivity index (χ1v) is 6.98. The van der Waals surface area contributed by atoms with Crippen LogP contribution in [0.2, 0.25) is 0 Å². The van der Waals surface area contributed by atoms with Gasteiger partial charge in [0.05, 0.1) is 0 Å². The summed E-state index contributed by atoms with van der Waals surface area (Å²) < 4.78 is 0. The second-order valence-electron chi connectivity index (χ2n) is 6.50. The van der Waals surface area contributed by atoms with Crippen LogP contribution in [0.15, 0.2) is 6.07 Å². The maximum absolute atomic E-state index is 12.1. The van der Waals surface area contributed by atoms with E-state index in [1.807, 2.05) is 6.07 Å². The number of aromatic nitrogens is 2. The number of hydrogen-bond donors (Lipinski definition) is 3. The molecule has 0 radical (unpaired) electrons. The SMILES string of the molecule is CC(C)(C)c1cc(C(=O)NC2CCC(N)CC2)n[nH]1.Cl. The first kappa shape index (κ1) is 17.0. The van der Waals surface area contributed by atoms with E-state index in [9.17, 15) is 4.79 Å². The zero-order valence-electron chi connectivity index (χ0n) is 12.4. The molecule has 1 aliphatic carbocycles. The van der Waals surface area contributed by atoms with Crippen molar-refractivity contribution >= 4 is 18.3 Å². The van der Waals surface area contributed by atoms with Gasteiger partial charge in [-0.15, -0.1) is 12.4 Å². The van der Waals surface area contributed by atoms with Crippen molar-refractivity contribution < 1.29 is 4.79 Å². The lowest BCUT2D eigenvalue weighted by molar-refractivity contribution is 0.0921. The maximum Gasteiger partial charge on any atom is 0.271 e. The maximum atomic E-state index is 12.1. The van der Waals surface area contributed by atoms with Crippen LogP contribution in [0.1, 0.15) is 62.6 Å². The van der Waals surface area contributed by atoms with Crippen LogP contribution in [0.3, 0.4) is 0 Å². The van der Waals surface area contributed by atoms with E-state index in [1.165, 1.54) is 0 Å². The molecular weight excluding hydrogens is 276 g/mol. The highest BCUT2D eigenvalue weighted by molar-refractivity contribution is 5.92. The van der Waals surface area contributed by atoms with E-state index in [0.717, 1.165) is 31.4 Å². The Hall–Kier alpha value is -1.07. The van der Waals surface area contributed by atoms with Gasteiger partial charge in [-0.2, -0.15) is 5.10 Å². The largest absolute Gasteiger partial charge is 0.348 e. The lowest BCUT2D eigenvalue weighted by Crippen LogP contribution is -2.40. The Morgan fingerprint density at radius 1 is 1.35 bits per heavy atom. The monoisotopic (exact) mass is 300 g/mol. The van der Waals surface area contributed by atoms with Gasteiger partial charge in [0.15, 0.2) is 0 Å². The van der Waals surface area contributed by atoms with Crippen LogP contribution in [0.25, 0.3) is 0 Å². The molecule has 0 unspecified atom stereocenters. The smallest absolute Gasteiger partial charge is 0.271 e. The van der Waals surface area contributed by atoms with Crippen molar-refractivity contribution in [2.24, 2.45) is 5.73 Å². The van der Waals surface area contributed by atoms with Crippen LogP contribution in [0.4, 0.5) is 0 Å². The van der Waals surface area contributed by atoms with Crippen molar-refractivity contribution in [2.45, 2.75) is 64.0 Å². The Morgan fingerprint density at radius 2 is 1.95 bits per heavy atom. The third kappa shape index (κ3) is 4.21. The molecule has 6 heteroatoms. The van der Waals surface area contributed by atoms with Gasteiger partial charge in [-0.05, 0) is 31.7 Å². The fraction of sp³-hybridized carbons (Fsp3) is 0.714. The molecule has 1 fully saturated rings. The predicted octanol–water partition coefficient (Wildman–Crippen LogP) is 2.13. The minimum Gasteiger partial charge on any atom is -0.348 e. The van der Waals surface area contributed by atoms with Crippen molar-refractivity contribution in [1.29, 1.82) is 0 Å². The van der Waals surface area contributed by atoms with Crippen molar-refractivity contribution in [1.82, 2.24) is 15.5 Å². The standard InChI is InChI=1S/C14H24N4O.ClH/c1-14(2,3)12-8-11(17-18-12)13(19)16-10-6-4-9(15)5-7-10;/h8-10H,4-7,15H2,1-3H3,(H,16,19)(H,17,18);1H. The molecule has 1 aromatic rings. The molecular formula is C14H25ClN4O. The molecule has 2 rings (SSSR count). The fourth-order valence-electron chi connectivity index (χ4n) is 2.35. The van der Waals surface area contributed by atoms with Gasteiger partial charge in [-0.1, -0.05) is 20.8 Å². The van der Waals surface area contributed by atoms with Gasteiger partial charge in [0, 0.05) is 23.2 Å². The van der Waals surface area contributed by atoms with Crippen molar-refractivity contribution in [3.63, 3.8) is 0 Å². The number of carbonyl (C=O) groups is 1. The first-order chi connectivity index (χ1) is 8.86. The molecule has 0 aromatic carbocycles. The minimum absolute atomic E-state index is 0. The topological polar surface area (TPSA) is 83.8 Å². The van der Waals surface area contributed by atoms with Gasteiger partial charge in [0.2, 0.25) is 0 Å². The zero-order chi connectivity index (χ0) is 14.0. The van der Waals surface area contributed by atoms with E-state index >= 15 is 0 Å². The lowest BCUT2D eigenvalue weighted by atomic mass is 9.91. The second-order valence-corrected chi connectivity index (χ2v) is 6.50. The third-order valence-corrected chi connectivity index (χ3v) is 3.73. The molecule has 1 aromatic heterocycles. The number of carbonyl (C=O) groups excluding carboxylic acids is 1. The summed E-state index contributed by atoms with van der Waals surface area (Å²) in [5.41, 5.74) is 7.28. The number of amides is 1. The van der Waals surface area contributed by atoms with E-state index in [4.69, 9.17) is 5.73 Å². The molecule has 0 bridgehead atoms. The lowest BCUT2D eigenvalue weighted by Gasteiger charge is -2.26. The number of aromatic amines is 1. The highest BCUT2D eigenvalue weighted by atomic mass is 35.5. The number of halogens is 1. The molecule has 5 nitrogen and oxygen atoms in total. The number of H-pyrrole nitrogens is 1. The van der Waals surface area contributed by atoms with Crippen molar-refractivity contribution in [3.05, 3.63) is 17.5 Å². The molecule has 1 saturated carbocycles. The van der Waals surface area contributed by atoms with E-state index in [1.54, 1.807) is 0 Å². The Morgan fingerprint density at radius 3 is 2.45 bits per heavy atom. The van der Waals surface area contributed by atoms with Crippen LogP contribution in [0, 0.1) is 0 Å². The third-order valence-electron chi connectivity index (χ3n) is 3.73. The summed E-state index contributed by atoms with van der Waals surface area (Å²) in [6.45, 7) is 6.26. The molecule has 1 amide bonds. The summed E-state index contributed by atoms with van der Waals surface area (Å²) in [6.07, 6.45) is 3.89. The van der Waals surface area contributed by atoms with Gasteiger partial charge >= 0.3 is 0 Å². The minimum atomic E-state index is -0.0905. The number of nitrogens with zero attached hydrogens (tertiary/aromatic N) is 1. The Labute approximate surface area is 126 Å². The first-order valence-electron chi connectivity index (χ1n) is 6.98. The van der Waals surface area contributed by atoms with Gasteiger partial charge in [0.25, 0.3) is 5.91 Å². The van der Waals surface area contributed by atoms with Crippen LogP contribution in [0.5, 0.6) is 0 Å². The molecule has 1 aliphatic rings. The Kier molecular flexibility index (Phi) is 5.59. The van der Waals surface area contributed by atoms with Gasteiger partial charge in [0.1, 0.15) is 5.69 Å². The van der Waals surface area contributed by atoms with Gasteiger partial charge in [-0.25, -0.2) is 0 Å². The average Bonchev–Trinajstić information content (AvgIpc) is 2.81. The summed E-state index contributed by atoms with van der Waals surface area (Å²) in [6, 6.07) is 2.37. The van der Waals surface area contributed by atoms with Crippen molar-refractivity contribution in [2.75, 3.05) is 0 Å². The molecule has 114 valence electrons. The molecule has 0 atom stereocenters. The molecule has 1 heterocycles. The number of rotatable bonds is 2. The van der Waals surface area contributed by atoms with Crippen molar-refractivity contribution in [3.8, 4) is 0 Å². The number of nitrogens with two attached hydrogens (primary N) is 1. The molecule has 4 N–H and O–H groups in total. The van der Waals surface area contributed by atoms with E-state index in [0.29, 0.717) is 11.7 Å². The highest BCUT2D eigenvalue weighted by Gasteiger charge is 2.23. The summed E-state index contributed by atoms with van der Waals surface area (Å²) in [7, 11) is 0. The molecule has 0 spiro atoms.